The molecule has 1 amide bonds. The summed E-state index contributed by atoms with van der Waals surface area (Å²) in [6, 6.07) is 19.2. The van der Waals surface area contributed by atoms with Crippen molar-refractivity contribution in [2.45, 2.75) is 26.8 Å². The second kappa shape index (κ2) is 8.78. The van der Waals surface area contributed by atoms with Crippen LogP contribution in [0.5, 0.6) is 0 Å². The van der Waals surface area contributed by atoms with E-state index < -0.39 is 0 Å². The first-order valence-electron chi connectivity index (χ1n) is 10.0. The van der Waals surface area contributed by atoms with Gasteiger partial charge in [-0.1, -0.05) is 42.5 Å². The lowest BCUT2D eigenvalue weighted by atomic mass is 10.1. The van der Waals surface area contributed by atoms with Crippen LogP contribution in [-0.2, 0) is 6.54 Å². The molecule has 0 spiro atoms. The Kier molecular flexibility index (Phi) is 5.75. The maximum Gasteiger partial charge on any atom is 0.252 e. The molecule has 0 aliphatic heterocycles. The molecule has 0 unspecified atom stereocenters. The van der Waals surface area contributed by atoms with Crippen molar-refractivity contribution in [3.05, 3.63) is 83.8 Å². The molecule has 0 radical (unpaired) electrons. The number of benzene rings is 2. The van der Waals surface area contributed by atoms with E-state index in [1.807, 2.05) is 67.1 Å². The van der Waals surface area contributed by atoms with Gasteiger partial charge in [-0.2, -0.15) is 5.10 Å². The van der Waals surface area contributed by atoms with Gasteiger partial charge in [0.1, 0.15) is 0 Å². The third kappa shape index (κ3) is 4.33. The molecule has 0 bridgehead atoms. The van der Waals surface area contributed by atoms with Crippen LogP contribution in [0.25, 0.3) is 22.8 Å². The van der Waals surface area contributed by atoms with Crippen molar-refractivity contribution >= 4 is 5.91 Å². The molecule has 1 N–H and O–H groups in total. The number of rotatable bonds is 7. The summed E-state index contributed by atoms with van der Waals surface area (Å²) in [6.45, 7) is 5.34. The standard InChI is InChI=1S/C24H24N4O2/c1-17-15-18(2)28(27-17)14-8-13-25-23(29)20-11-6-7-12-21(20)24-26-16-22(30-24)19-9-4-3-5-10-19/h3-7,9-12,15-16H,8,13-14H2,1-2H3,(H,25,29). The second-order valence-electron chi connectivity index (χ2n) is 7.20. The molecule has 0 saturated carbocycles. The highest BCUT2D eigenvalue weighted by Gasteiger charge is 2.16. The molecule has 2 aromatic heterocycles. The predicted molar refractivity (Wildman–Crippen MR) is 116 cm³/mol. The number of aryl methyl sites for hydroxylation is 3. The SMILES string of the molecule is Cc1cc(C)n(CCCNC(=O)c2ccccc2-c2ncc(-c3ccccc3)o2)n1. The van der Waals surface area contributed by atoms with Crippen LogP contribution < -0.4 is 5.32 Å². The van der Waals surface area contributed by atoms with Gasteiger partial charge in [-0.05, 0) is 38.5 Å². The molecule has 4 rings (SSSR count). The van der Waals surface area contributed by atoms with E-state index in [0.29, 0.717) is 29.3 Å². The van der Waals surface area contributed by atoms with Gasteiger partial charge < -0.3 is 9.73 Å². The summed E-state index contributed by atoms with van der Waals surface area (Å²) in [4.78, 5) is 17.2. The van der Waals surface area contributed by atoms with Gasteiger partial charge in [0.05, 0.1) is 17.5 Å². The number of oxazole rings is 1. The zero-order valence-electron chi connectivity index (χ0n) is 17.1. The van der Waals surface area contributed by atoms with Crippen LogP contribution in [0.1, 0.15) is 28.2 Å². The molecule has 4 aromatic rings. The van der Waals surface area contributed by atoms with Crippen LogP contribution >= 0.6 is 0 Å². The first kappa shape index (κ1) is 19.6. The topological polar surface area (TPSA) is 73.0 Å². The molecule has 6 heteroatoms. The Morgan fingerprint density at radius 2 is 1.83 bits per heavy atom. The molecule has 2 aromatic carbocycles. The van der Waals surface area contributed by atoms with E-state index in [0.717, 1.165) is 29.9 Å². The van der Waals surface area contributed by atoms with Crippen LogP contribution in [0.15, 0.2) is 71.3 Å². The molecule has 152 valence electrons. The number of nitrogens with zero attached hydrogens (tertiary/aromatic N) is 3. The van der Waals surface area contributed by atoms with E-state index in [1.54, 1.807) is 12.3 Å². The molecule has 0 aliphatic rings. The van der Waals surface area contributed by atoms with Crippen molar-refractivity contribution in [1.82, 2.24) is 20.1 Å². The lowest BCUT2D eigenvalue weighted by Gasteiger charge is -2.09. The van der Waals surface area contributed by atoms with Crippen LogP contribution in [0.4, 0.5) is 0 Å². The largest absolute Gasteiger partial charge is 0.436 e. The van der Waals surface area contributed by atoms with E-state index in [2.05, 4.69) is 21.5 Å². The highest BCUT2D eigenvalue weighted by Crippen LogP contribution is 2.28. The zero-order chi connectivity index (χ0) is 20.9. The molecule has 0 fully saturated rings. The summed E-state index contributed by atoms with van der Waals surface area (Å²) in [7, 11) is 0. The Morgan fingerprint density at radius 3 is 2.60 bits per heavy atom. The minimum Gasteiger partial charge on any atom is -0.436 e. The Balaban J connectivity index is 1.43. The fourth-order valence-corrected chi connectivity index (χ4v) is 3.43. The number of amides is 1. The van der Waals surface area contributed by atoms with Crippen LogP contribution in [0.3, 0.4) is 0 Å². The van der Waals surface area contributed by atoms with E-state index >= 15 is 0 Å². The van der Waals surface area contributed by atoms with Crippen molar-refractivity contribution in [1.29, 1.82) is 0 Å². The van der Waals surface area contributed by atoms with Crippen LogP contribution in [-0.4, -0.2) is 27.2 Å². The van der Waals surface area contributed by atoms with Gasteiger partial charge in [-0.25, -0.2) is 4.98 Å². The minimum atomic E-state index is -0.140. The first-order valence-corrected chi connectivity index (χ1v) is 10.0. The molecule has 30 heavy (non-hydrogen) atoms. The third-order valence-electron chi connectivity index (χ3n) is 4.90. The minimum absolute atomic E-state index is 0.140. The summed E-state index contributed by atoms with van der Waals surface area (Å²) >= 11 is 0. The zero-order valence-corrected chi connectivity index (χ0v) is 17.1. The van der Waals surface area contributed by atoms with Crippen LogP contribution in [0, 0.1) is 13.8 Å². The number of nitrogens with one attached hydrogen (secondary N) is 1. The summed E-state index contributed by atoms with van der Waals surface area (Å²) < 4.78 is 7.91. The number of hydrogen-bond donors (Lipinski definition) is 1. The fourth-order valence-electron chi connectivity index (χ4n) is 3.43. The number of hydrogen-bond acceptors (Lipinski definition) is 4. The van der Waals surface area contributed by atoms with Gasteiger partial charge in [0, 0.05) is 29.9 Å². The number of aromatic nitrogens is 3. The maximum atomic E-state index is 12.8. The van der Waals surface area contributed by atoms with Crippen molar-refractivity contribution in [2.24, 2.45) is 0 Å². The normalized spacial score (nSPS) is 10.9. The summed E-state index contributed by atoms with van der Waals surface area (Å²) in [6.07, 6.45) is 2.49. The van der Waals surface area contributed by atoms with E-state index in [1.165, 1.54) is 0 Å². The van der Waals surface area contributed by atoms with Crippen LogP contribution in [0.2, 0.25) is 0 Å². The van der Waals surface area contributed by atoms with E-state index in [4.69, 9.17) is 4.42 Å². The Hall–Kier alpha value is -3.67. The Morgan fingerprint density at radius 1 is 1.07 bits per heavy atom. The van der Waals surface area contributed by atoms with Crippen molar-refractivity contribution in [2.75, 3.05) is 6.54 Å². The smallest absolute Gasteiger partial charge is 0.252 e. The quantitative estimate of drug-likeness (QED) is 0.459. The monoisotopic (exact) mass is 400 g/mol. The number of carbonyl (C=O) groups excluding carboxylic acids is 1. The lowest BCUT2D eigenvalue weighted by molar-refractivity contribution is 0.0953. The highest BCUT2D eigenvalue weighted by molar-refractivity contribution is 6.00. The molecular formula is C24H24N4O2. The van der Waals surface area contributed by atoms with Gasteiger partial charge in [0.15, 0.2) is 5.76 Å². The van der Waals surface area contributed by atoms with Crippen molar-refractivity contribution in [3.63, 3.8) is 0 Å². The summed E-state index contributed by atoms with van der Waals surface area (Å²) in [5, 5.41) is 7.44. The summed E-state index contributed by atoms with van der Waals surface area (Å²) in [5.41, 5.74) is 4.30. The Bertz CT molecular complexity index is 1140. The van der Waals surface area contributed by atoms with Gasteiger partial charge in [-0.3, -0.25) is 9.48 Å². The molecule has 2 heterocycles. The Labute approximate surface area is 175 Å². The maximum absolute atomic E-state index is 12.8. The van der Waals surface area contributed by atoms with Crippen molar-refractivity contribution in [3.8, 4) is 22.8 Å². The van der Waals surface area contributed by atoms with Crippen molar-refractivity contribution < 1.29 is 9.21 Å². The first-order chi connectivity index (χ1) is 14.6. The average molecular weight is 400 g/mol. The molecule has 0 atom stereocenters. The molecule has 6 nitrogen and oxygen atoms in total. The lowest BCUT2D eigenvalue weighted by Crippen LogP contribution is -2.26. The third-order valence-corrected chi connectivity index (χ3v) is 4.90. The van der Waals surface area contributed by atoms with E-state index in [9.17, 15) is 4.79 Å². The number of carbonyl (C=O) groups is 1. The van der Waals surface area contributed by atoms with Gasteiger partial charge >= 0.3 is 0 Å². The average Bonchev–Trinajstić information content (AvgIpc) is 3.38. The second-order valence-corrected chi connectivity index (χ2v) is 7.20. The molecular weight excluding hydrogens is 376 g/mol. The molecule has 0 saturated heterocycles. The van der Waals surface area contributed by atoms with Gasteiger partial charge in [-0.15, -0.1) is 0 Å². The molecule has 0 aliphatic carbocycles. The fraction of sp³-hybridized carbons (Fsp3) is 0.208. The predicted octanol–water partition coefficient (Wildman–Crippen LogP) is 4.64. The highest BCUT2D eigenvalue weighted by atomic mass is 16.4. The van der Waals surface area contributed by atoms with E-state index in [-0.39, 0.29) is 5.91 Å². The summed E-state index contributed by atoms with van der Waals surface area (Å²) in [5.74, 6) is 0.964. The van der Waals surface area contributed by atoms with Gasteiger partial charge in [0.2, 0.25) is 5.89 Å². The van der Waals surface area contributed by atoms with Gasteiger partial charge in [0.25, 0.3) is 5.91 Å².